The lowest BCUT2D eigenvalue weighted by atomic mass is 10.1. The van der Waals surface area contributed by atoms with Crippen LogP contribution in [0.5, 0.6) is 11.5 Å². The van der Waals surface area contributed by atoms with Gasteiger partial charge in [0, 0.05) is 17.0 Å². The summed E-state index contributed by atoms with van der Waals surface area (Å²) in [4.78, 5) is 18.0. The van der Waals surface area contributed by atoms with E-state index in [0.717, 1.165) is 32.3 Å². The number of aryl methyl sites for hydroxylation is 2. The van der Waals surface area contributed by atoms with E-state index in [9.17, 15) is 13.6 Å². The minimum atomic E-state index is -2.94. The zero-order chi connectivity index (χ0) is 22.4. The maximum absolute atomic E-state index is 12.6. The number of amides is 1. The van der Waals surface area contributed by atoms with Crippen LogP contribution < -0.4 is 14.8 Å². The SMILES string of the molecule is COc1ccc(CCNC(=O)Cc2sc(C)nc2-c2ccc(C)cc2)cc1OC(F)F. The third-order valence-corrected chi connectivity index (χ3v) is 5.60. The molecule has 1 aromatic heterocycles. The summed E-state index contributed by atoms with van der Waals surface area (Å²) in [6.45, 7) is 1.38. The minimum Gasteiger partial charge on any atom is -0.493 e. The molecule has 31 heavy (non-hydrogen) atoms. The van der Waals surface area contributed by atoms with Crippen molar-refractivity contribution in [3.05, 3.63) is 63.5 Å². The topological polar surface area (TPSA) is 60.5 Å². The van der Waals surface area contributed by atoms with Crippen LogP contribution in [-0.2, 0) is 17.6 Å². The summed E-state index contributed by atoms with van der Waals surface area (Å²) in [5, 5.41) is 3.79. The van der Waals surface area contributed by atoms with Crippen molar-refractivity contribution in [2.45, 2.75) is 33.3 Å². The molecule has 0 aliphatic carbocycles. The van der Waals surface area contributed by atoms with Gasteiger partial charge in [0.2, 0.25) is 5.91 Å². The van der Waals surface area contributed by atoms with Gasteiger partial charge in [0.15, 0.2) is 11.5 Å². The molecule has 3 rings (SSSR count). The Morgan fingerprint density at radius 1 is 1.13 bits per heavy atom. The molecule has 2 aromatic carbocycles. The zero-order valence-electron chi connectivity index (χ0n) is 17.6. The molecule has 1 amide bonds. The van der Waals surface area contributed by atoms with E-state index < -0.39 is 6.61 Å². The van der Waals surface area contributed by atoms with Gasteiger partial charge < -0.3 is 14.8 Å². The van der Waals surface area contributed by atoms with Gasteiger partial charge in [-0.05, 0) is 38.0 Å². The van der Waals surface area contributed by atoms with Crippen molar-refractivity contribution in [1.29, 1.82) is 0 Å². The van der Waals surface area contributed by atoms with E-state index in [2.05, 4.69) is 15.0 Å². The lowest BCUT2D eigenvalue weighted by molar-refractivity contribution is -0.120. The van der Waals surface area contributed by atoms with Crippen LogP contribution in [0.2, 0.25) is 0 Å². The second kappa shape index (κ2) is 10.3. The molecule has 8 heteroatoms. The molecule has 0 aliphatic rings. The summed E-state index contributed by atoms with van der Waals surface area (Å²) in [5.74, 6) is 0.0936. The van der Waals surface area contributed by atoms with Crippen molar-refractivity contribution in [2.24, 2.45) is 0 Å². The maximum Gasteiger partial charge on any atom is 0.387 e. The highest BCUT2D eigenvalue weighted by molar-refractivity contribution is 7.12. The van der Waals surface area contributed by atoms with Gasteiger partial charge in [0.1, 0.15) is 0 Å². The second-order valence-electron chi connectivity index (χ2n) is 7.01. The van der Waals surface area contributed by atoms with Gasteiger partial charge in [-0.3, -0.25) is 4.79 Å². The molecule has 0 unspecified atom stereocenters. The van der Waals surface area contributed by atoms with Crippen molar-refractivity contribution >= 4 is 17.2 Å². The van der Waals surface area contributed by atoms with Crippen LogP contribution in [0, 0.1) is 13.8 Å². The first-order valence-electron chi connectivity index (χ1n) is 9.77. The molecular formula is C23H24F2N2O3S. The Kier molecular flexibility index (Phi) is 7.57. The van der Waals surface area contributed by atoms with E-state index in [1.165, 1.54) is 24.5 Å². The van der Waals surface area contributed by atoms with Crippen molar-refractivity contribution < 1.29 is 23.0 Å². The molecule has 0 saturated heterocycles. The van der Waals surface area contributed by atoms with Crippen LogP contribution in [0.4, 0.5) is 8.78 Å². The lowest BCUT2D eigenvalue weighted by Crippen LogP contribution is -2.27. The van der Waals surface area contributed by atoms with Crippen LogP contribution in [0.15, 0.2) is 42.5 Å². The quantitative estimate of drug-likeness (QED) is 0.506. The Morgan fingerprint density at radius 2 is 1.87 bits per heavy atom. The highest BCUT2D eigenvalue weighted by Gasteiger charge is 2.15. The molecule has 164 valence electrons. The van der Waals surface area contributed by atoms with E-state index in [-0.39, 0.29) is 23.8 Å². The number of thiazole rings is 1. The number of benzene rings is 2. The molecule has 3 aromatic rings. The number of halogens is 2. The highest BCUT2D eigenvalue weighted by atomic mass is 32.1. The van der Waals surface area contributed by atoms with Gasteiger partial charge in [0.05, 0.1) is 24.2 Å². The predicted octanol–water partition coefficient (Wildman–Crippen LogP) is 4.94. The normalized spacial score (nSPS) is 10.9. The number of nitrogens with one attached hydrogen (secondary N) is 1. The molecule has 1 heterocycles. The molecule has 0 spiro atoms. The number of aromatic nitrogens is 1. The largest absolute Gasteiger partial charge is 0.493 e. The van der Waals surface area contributed by atoms with Gasteiger partial charge in [-0.25, -0.2) is 4.98 Å². The Hall–Kier alpha value is -3.00. The zero-order valence-corrected chi connectivity index (χ0v) is 18.4. The molecule has 0 bridgehead atoms. The number of carbonyl (C=O) groups excluding carboxylic acids is 1. The molecule has 1 N–H and O–H groups in total. The second-order valence-corrected chi connectivity index (χ2v) is 8.30. The fourth-order valence-corrected chi connectivity index (χ4v) is 4.10. The standard InChI is InChI=1S/C23H24F2N2O3S/c1-14-4-7-17(8-5-14)22-20(31-15(2)27-22)13-21(28)26-11-10-16-6-9-18(29-3)19(12-16)30-23(24)25/h4-9,12,23H,10-11,13H2,1-3H3,(H,26,28). The van der Waals surface area contributed by atoms with Gasteiger partial charge in [-0.2, -0.15) is 8.78 Å². The van der Waals surface area contributed by atoms with Crippen LogP contribution in [0.3, 0.4) is 0 Å². The number of methoxy groups -OCH3 is 1. The Morgan fingerprint density at radius 3 is 2.55 bits per heavy atom. The van der Waals surface area contributed by atoms with Crippen molar-refractivity contribution in [1.82, 2.24) is 10.3 Å². The first-order chi connectivity index (χ1) is 14.9. The summed E-state index contributed by atoms with van der Waals surface area (Å²) < 4.78 is 34.7. The van der Waals surface area contributed by atoms with Gasteiger partial charge in [0.25, 0.3) is 0 Å². The summed E-state index contributed by atoms with van der Waals surface area (Å²) >= 11 is 1.51. The lowest BCUT2D eigenvalue weighted by Gasteiger charge is -2.12. The van der Waals surface area contributed by atoms with Gasteiger partial charge >= 0.3 is 6.61 Å². The fraction of sp³-hybridized carbons (Fsp3) is 0.304. The summed E-state index contributed by atoms with van der Waals surface area (Å²) in [7, 11) is 1.39. The Bertz CT molecular complexity index is 1040. The fourth-order valence-electron chi connectivity index (χ4n) is 3.15. The van der Waals surface area contributed by atoms with E-state index >= 15 is 0 Å². The minimum absolute atomic E-state index is 0.0239. The number of hydrogen-bond acceptors (Lipinski definition) is 5. The molecule has 0 atom stereocenters. The number of carbonyl (C=O) groups is 1. The van der Waals surface area contributed by atoms with E-state index in [1.54, 1.807) is 12.1 Å². The van der Waals surface area contributed by atoms with Crippen molar-refractivity contribution in [3.63, 3.8) is 0 Å². The molecule has 0 aliphatic heterocycles. The van der Waals surface area contributed by atoms with Crippen molar-refractivity contribution in [2.75, 3.05) is 13.7 Å². The molecule has 0 saturated carbocycles. The van der Waals surface area contributed by atoms with Crippen LogP contribution in [-0.4, -0.2) is 31.2 Å². The number of nitrogens with zero attached hydrogens (tertiary/aromatic N) is 1. The van der Waals surface area contributed by atoms with Crippen molar-refractivity contribution in [3.8, 4) is 22.8 Å². The van der Waals surface area contributed by atoms with Crippen LogP contribution in [0.25, 0.3) is 11.3 Å². The summed E-state index contributed by atoms with van der Waals surface area (Å²) in [6.07, 6.45) is 0.707. The number of rotatable bonds is 9. The molecule has 0 radical (unpaired) electrons. The summed E-state index contributed by atoms with van der Waals surface area (Å²) in [6, 6.07) is 12.9. The third kappa shape index (κ3) is 6.24. The van der Waals surface area contributed by atoms with E-state index in [1.807, 2.05) is 38.1 Å². The first kappa shape index (κ1) is 22.7. The first-order valence-corrected chi connectivity index (χ1v) is 10.6. The van der Waals surface area contributed by atoms with Crippen LogP contribution >= 0.6 is 11.3 Å². The number of ether oxygens (including phenoxy) is 2. The summed E-state index contributed by atoms with van der Waals surface area (Å²) in [5.41, 5.74) is 3.74. The van der Waals surface area contributed by atoms with Crippen LogP contribution in [0.1, 0.15) is 21.0 Å². The maximum atomic E-state index is 12.6. The Balaban J connectivity index is 1.60. The average Bonchev–Trinajstić information content (AvgIpc) is 3.08. The number of alkyl halides is 2. The highest BCUT2D eigenvalue weighted by Crippen LogP contribution is 2.30. The smallest absolute Gasteiger partial charge is 0.387 e. The monoisotopic (exact) mass is 446 g/mol. The predicted molar refractivity (Wildman–Crippen MR) is 117 cm³/mol. The average molecular weight is 447 g/mol. The molecule has 5 nitrogen and oxygen atoms in total. The van der Waals surface area contributed by atoms with Gasteiger partial charge in [-0.1, -0.05) is 35.9 Å². The molecular weight excluding hydrogens is 422 g/mol. The number of hydrogen-bond donors (Lipinski definition) is 1. The van der Waals surface area contributed by atoms with E-state index in [4.69, 9.17) is 4.74 Å². The van der Waals surface area contributed by atoms with E-state index in [0.29, 0.717) is 13.0 Å². The Labute approximate surface area is 184 Å². The molecule has 0 fully saturated rings. The third-order valence-electron chi connectivity index (χ3n) is 4.63. The van der Waals surface area contributed by atoms with Gasteiger partial charge in [-0.15, -0.1) is 11.3 Å².